The molecule has 0 aliphatic heterocycles. The number of hydrogen-bond donors (Lipinski definition) is 1. The zero-order valence-electron chi connectivity index (χ0n) is 11.4. The van der Waals surface area contributed by atoms with Crippen LogP contribution in [0.4, 0.5) is 0 Å². The number of aliphatic hydroxyl groups excluding tert-OH is 1. The summed E-state index contributed by atoms with van der Waals surface area (Å²) in [6.07, 6.45) is 1.16. The Kier molecular flexibility index (Phi) is 9.31. The zero-order valence-corrected chi connectivity index (χ0v) is 11.4. The monoisotopic (exact) mass is 246 g/mol. The van der Waals surface area contributed by atoms with E-state index in [0.29, 0.717) is 19.6 Å². The van der Waals surface area contributed by atoms with Crippen molar-refractivity contribution in [1.29, 1.82) is 0 Å². The largest absolute Gasteiger partial charge is 0.396 e. The van der Waals surface area contributed by atoms with Gasteiger partial charge in [-0.15, -0.1) is 0 Å². The van der Waals surface area contributed by atoms with E-state index in [4.69, 9.17) is 9.47 Å². The van der Waals surface area contributed by atoms with Gasteiger partial charge in [0.15, 0.2) is 6.29 Å². The molecule has 0 rings (SSSR count). The Morgan fingerprint density at radius 1 is 1.18 bits per heavy atom. The summed E-state index contributed by atoms with van der Waals surface area (Å²) < 4.78 is 10.9. The molecule has 0 saturated heterocycles. The zero-order chi connectivity index (χ0) is 13.3. The van der Waals surface area contributed by atoms with E-state index in [9.17, 15) is 9.90 Å². The van der Waals surface area contributed by atoms with Gasteiger partial charge in [0, 0.05) is 32.2 Å². The first kappa shape index (κ1) is 16.6. The number of ether oxygens (including phenoxy) is 2. The molecule has 4 heteroatoms. The van der Waals surface area contributed by atoms with E-state index < -0.39 is 0 Å². The molecule has 0 aliphatic carbocycles. The van der Waals surface area contributed by atoms with Gasteiger partial charge >= 0.3 is 0 Å². The van der Waals surface area contributed by atoms with Gasteiger partial charge in [-0.25, -0.2) is 0 Å². The maximum atomic E-state index is 11.1. The molecule has 2 unspecified atom stereocenters. The third kappa shape index (κ3) is 6.15. The van der Waals surface area contributed by atoms with Crippen molar-refractivity contribution in [2.24, 2.45) is 17.8 Å². The first-order valence-electron chi connectivity index (χ1n) is 6.39. The molecule has 0 bridgehead atoms. The number of carbonyl (C=O) groups is 1. The number of aldehydes is 1. The summed E-state index contributed by atoms with van der Waals surface area (Å²) in [5.74, 6) is -0.0347. The number of carbonyl (C=O) groups excluding carboxylic acids is 1. The Bertz CT molecular complexity index is 188. The molecule has 0 aromatic heterocycles. The van der Waals surface area contributed by atoms with Gasteiger partial charge in [0.25, 0.3) is 0 Å². The van der Waals surface area contributed by atoms with E-state index in [-0.39, 0.29) is 30.7 Å². The molecule has 0 aromatic rings. The summed E-state index contributed by atoms with van der Waals surface area (Å²) in [5, 5.41) is 9.39. The third-order valence-electron chi connectivity index (χ3n) is 2.91. The lowest BCUT2D eigenvalue weighted by Crippen LogP contribution is -2.30. The van der Waals surface area contributed by atoms with E-state index >= 15 is 0 Å². The lowest BCUT2D eigenvalue weighted by molar-refractivity contribution is -0.153. The van der Waals surface area contributed by atoms with Gasteiger partial charge in [-0.1, -0.05) is 13.8 Å². The highest BCUT2D eigenvalue weighted by atomic mass is 16.7. The molecule has 0 amide bonds. The van der Waals surface area contributed by atoms with E-state index in [1.54, 1.807) is 0 Å². The van der Waals surface area contributed by atoms with Crippen LogP contribution < -0.4 is 0 Å². The molecule has 17 heavy (non-hydrogen) atoms. The first-order chi connectivity index (χ1) is 8.10. The highest BCUT2D eigenvalue weighted by molar-refractivity contribution is 5.54. The lowest BCUT2D eigenvalue weighted by atomic mass is 9.83. The van der Waals surface area contributed by atoms with Crippen LogP contribution in [0.5, 0.6) is 0 Å². The van der Waals surface area contributed by atoms with Crippen molar-refractivity contribution < 1.29 is 19.4 Å². The molecule has 4 nitrogen and oxygen atoms in total. The molecule has 0 radical (unpaired) electrons. The Morgan fingerprint density at radius 2 is 1.71 bits per heavy atom. The Balaban J connectivity index is 4.46. The third-order valence-corrected chi connectivity index (χ3v) is 2.91. The van der Waals surface area contributed by atoms with Crippen molar-refractivity contribution in [2.45, 2.75) is 40.4 Å². The van der Waals surface area contributed by atoms with E-state index in [1.165, 1.54) is 0 Å². The van der Waals surface area contributed by atoms with Crippen LogP contribution in [0.15, 0.2) is 0 Å². The van der Waals surface area contributed by atoms with Crippen LogP contribution in [-0.2, 0) is 14.3 Å². The average molecular weight is 246 g/mol. The second-order valence-corrected chi connectivity index (χ2v) is 4.48. The van der Waals surface area contributed by atoms with Gasteiger partial charge in [-0.3, -0.25) is 0 Å². The van der Waals surface area contributed by atoms with E-state index in [0.717, 1.165) is 6.29 Å². The van der Waals surface area contributed by atoms with Gasteiger partial charge in [0.2, 0.25) is 0 Å². The van der Waals surface area contributed by atoms with E-state index in [1.807, 2.05) is 27.7 Å². The van der Waals surface area contributed by atoms with Crippen LogP contribution in [0, 0.1) is 17.8 Å². The second kappa shape index (κ2) is 9.57. The fourth-order valence-electron chi connectivity index (χ4n) is 1.97. The van der Waals surface area contributed by atoms with Crippen molar-refractivity contribution in [3.63, 3.8) is 0 Å². The Morgan fingerprint density at radius 3 is 2.00 bits per heavy atom. The molecule has 0 heterocycles. The van der Waals surface area contributed by atoms with Crippen LogP contribution in [0.3, 0.4) is 0 Å². The molecule has 0 saturated carbocycles. The molecule has 0 aromatic carbocycles. The van der Waals surface area contributed by atoms with Crippen LogP contribution in [0.2, 0.25) is 0 Å². The summed E-state index contributed by atoms with van der Waals surface area (Å²) in [7, 11) is 0. The van der Waals surface area contributed by atoms with Gasteiger partial charge < -0.3 is 19.4 Å². The maximum Gasteiger partial charge on any atom is 0.157 e. The maximum absolute atomic E-state index is 11.1. The van der Waals surface area contributed by atoms with Crippen molar-refractivity contribution in [1.82, 2.24) is 0 Å². The standard InChI is InChI=1S/C13H26O4/c1-5-16-13(17-6-2)7-11(8-14)12(9-15)10(3)4/h9-14H,5-8H2,1-4H3. The number of rotatable bonds is 10. The smallest absolute Gasteiger partial charge is 0.157 e. The molecular weight excluding hydrogens is 220 g/mol. The lowest BCUT2D eigenvalue weighted by Gasteiger charge is -2.27. The van der Waals surface area contributed by atoms with Gasteiger partial charge in [-0.2, -0.15) is 0 Å². The number of hydrogen-bond acceptors (Lipinski definition) is 4. The van der Waals surface area contributed by atoms with Crippen molar-refractivity contribution >= 4 is 6.29 Å². The molecule has 0 aliphatic rings. The molecule has 1 N–H and O–H groups in total. The highest BCUT2D eigenvalue weighted by Crippen LogP contribution is 2.24. The molecular formula is C13H26O4. The van der Waals surface area contributed by atoms with Gasteiger partial charge in [0.1, 0.15) is 6.29 Å². The Hall–Kier alpha value is -0.450. The minimum Gasteiger partial charge on any atom is -0.396 e. The van der Waals surface area contributed by atoms with Gasteiger partial charge in [-0.05, 0) is 25.7 Å². The second-order valence-electron chi connectivity index (χ2n) is 4.48. The summed E-state index contributed by atoms with van der Waals surface area (Å²) in [6.45, 7) is 8.89. The van der Waals surface area contributed by atoms with Gasteiger partial charge in [0.05, 0.1) is 0 Å². The van der Waals surface area contributed by atoms with Crippen molar-refractivity contribution in [3.05, 3.63) is 0 Å². The van der Waals surface area contributed by atoms with Crippen molar-refractivity contribution in [2.75, 3.05) is 19.8 Å². The molecule has 0 spiro atoms. The van der Waals surface area contributed by atoms with Crippen LogP contribution in [0.1, 0.15) is 34.1 Å². The topological polar surface area (TPSA) is 55.8 Å². The Labute approximate surface area is 104 Å². The van der Waals surface area contributed by atoms with Crippen molar-refractivity contribution in [3.8, 4) is 0 Å². The van der Waals surface area contributed by atoms with Crippen LogP contribution >= 0.6 is 0 Å². The molecule has 2 atom stereocenters. The first-order valence-corrected chi connectivity index (χ1v) is 6.39. The fourth-order valence-corrected chi connectivity index (χ4v) is 1.97. The fraction of sp³-hybridized carbons (Fsp3) is 0.923. The van der Waals surface area contributed by atoms with Crippen LogP contribution in [-0.4, -0.2) is 37.5 Å². The quantitative estimate of drug-likeness (QED) is 0.472. The predicted molar refractivity (Wildman–Crippen MR) is 66.6 cm³/mol. The SMILES string of the molecule is CCOC(CC(CO)C(C=O)C(C)C)OCC. The minimum atomic E-state index is -0.330. The summed E-state index contributed by atoms with van der Waals surface area (Å²) in [6, 6.07) is 0. The summed E-state index contributed by atoms with van der Waals surface area (Å²) in [4.78, 5) is 11.1. The molecule has 0 fully saturated rings. The summed E-state index contributed by atoms with van der Waals surface area (Å²) in [5.41, 5.74) is 0. The molecule has 102 valence electrons. The average Bonchev–Trinajstić information content (AvgIpc) is 2.28. The predicted octanol–water partition coefficient (Wildman–Crippen LogP) is 1.86. The van der Waals surface area contributed by atoms with E-state index in [2.05, 4.69) is 0 Å². The minimum absolute atomic E-state index is 0.0156. The van der Waals surface area contributed by atoms with Crippen LogP contribution in [0.25, 0.3) is 0 Å². The summed E-state index contributed by atoms with van der Waals surface area (Å²) >= 11 is 0. The highest BCUT2D eigenvalue weighted by Gasteiger charge is 2.27. The normalized spacial score (nSPS) is 15.2. The number of aliphatic hydroxyl groups is 1.